The van der Waals surface area contributed by atoms with Crippen molar-refractivity contribution < 1.29 is 4.79 Å². The minimum atomic E-state index is -0.0255. The van der Waals surface area contributed by atoms with Crippen molar-refractivity contribution in [3.05, 3.63) is 24.3 Å². The molecule has 0 N–H and O–H groups in total. The zero-order valence-electron chi connectivity index (χ0n) is 9.37. The summed E-state index contributed by atoms with van der Waals surface area (Å²) in [7, 11) is 0. The third-order valence-corrected chi connectivity index (χ3v) is 3.97. The van der Waals surface area contributed by atoms with Crippen LogP contribution < -0.4 is 4.90 Å². The first-order valence-electron chi connectivity index (χ1n) is 5.18. The Morgan fingerprint density at radius 3 is 2.88 bits per heavy atom. The van der Waals surface area contributed by atoms with Gasteiger partial charge in [-0.2, -0.15) is 0 Å². The number of hydrogen-bond donors (Lipinski definition) is 0. The highest BCUT2D eigenvalue weighted by atomic mass is 35.5. The van der Waals surface area contributed by atoms with Gasteiger partial charge in [-0.1, -0.05) is 12.1 Å². The topological polar surface area (TPSA) is 20.3 Å². The molecule has 2 rings (SSSR count). The van der Waals surface area contributed by atoms with E-state index < -0.39 is 0 Å². The second-order valence-electron chi connectivity index (χ2n) is 4.44. The number of alkyl halides is 1. The van der Waals surface area contributed by atoms with Crippen molar-refractivity contribution >= 4 is 35.0 Å². The largest absolute Gasteiger partial charge is 0.309 e. The third kappa shape index (κ3) is 2.20. The van der Waals surface area contributed by atoms with Crippen LogP contribution in [0.15, 0.2) is 29.2 Å². The number of anilines is 1. The maximum Gasteiger partial charge on any atom is 0.241 e. The van der Waals surface area contributed by atoms with Crippen LogP contribution >= 0.6 is 23.4 Å². The average molecular weight is 256 g/mol. The summed E-state index contributed by atoms with van der Waals surface area (Å²) in [6, 6.07) is 7.97. The molecule has 0 saturated carbocycles. The number of carbonyl (C=O) groups is 1. The fourth-order valence-electron chi connectivity index (χ4n) is 1.86. The van der Waals surface area contributed by atoms with Gasteiger partial charge in [0.1, 0.15) is 5.88 Å². The van der Waals surface area contributed by atoms with Crippen molar-refractivity contribution in [2.24, 2.45) is 0 Å². The Morgan fingerprint density at radius 1 is 1.50 bits per heavy atom. The highest BCUT2D eigenvalue weighted by Crippen LogP contribution is 2.43. The number of carbonyl (C=O) groups excluding carboxylic acids is 1. The molecule has 0 saturated heterocycles. The lowest BCUT2D eigenvalue weighted by atomic mass is 10.1. The van der Waals surface area contributed by atoms with Crippen LogP contribution in [0, 0.1) is 0 Å². The Morgan fingerprint density at radius 2 is 2.19 bits per heavy atom. The van der Waals surface area contributed by atoms with E-state index in [4.69, 9.17) is 11.6 Å². The molecular formula is C12H14ClNOS. The second-order valence-corrected chi connectivity index (χ2v) is 6.46. The van der Waals surface area contributed by atoms with E-state index in [-0.39, 0.29) is 16.5 Å². The number of nitrogens with zero attached hydrogens (tertiary/aromatic N) is 1. The van der Waals surface area contributed by atoms with Crippen molar-refractivity contribution in [3.63, 3.8) is 0 Å². The van der Waals surface area contributed by atoms with E-state index >= 15 is 0 Å². The first-order chi connectivity index (χ1) is 7.53. The molecule has 0 spiro atoms. The normalized spacial score (nSPS) is 18.1. The van der Waals surface area contributed by atoms with Crippen molar-refractivity contribution in [3.8, 4) is 0 Å². The Labute approximate surface area is 105 Å². The van der Waals surface area contributed by atoms with Crippen LogP contribution in [-0.2, 0) is 4.79 Å². The molecule has 0 aromatic heterocycles. The van der Waals surface area contributed by atoms with Crippen molar-refractivity contribution in [1.82, 2.24) is 0 Å². The Hall–Kier alpha value is -0.670. The van der Waals surface area contributed by atoms with Gasteiger partial charge in [0.05, 0.1) is 5.69 Å². The zero-order valence-corrected chi connectivity index (χ0v) is 10.9. The molecular weight excluding hydrogens is 242 g/mol. The van der Waals surface area contributed by atoms with Crippen LogP contribution in [0.25, 0.3) is 0 Å². The average Bonchev–Trinajstić information content (AvgIpc) is 2.25. The van der Waals surface area contributed by atoms with Gasteiger partial charge in [-0.05, 0) is 26.0 Å². The minimum Gasteiger partial charge on any atom is -0.309 e. The smallest absolute Gasteiger partial charge is 0.241 e. The summed E-state index contributed by atoms with van der Waals surface area (Å²) in [5.41, 5.74) is 0.984. The third-order valence-electron chi connectivity index (χ3n) is 2.50. The van der Waals surface area contributed by atoms with E-state index in [0.29, 0.717) is 6.54 Å². The number of hydrogen-bond acceptors (Lipinski definition) is 2. The quantitative estimate of drug-likeness (QED) is 0.719. The standard InChI is InChI=1S/C12H14ClNOS/c1-12(2)8-14(11(15)7-13)9-5-3-4-6-10(9)16-12/h3-6H,7-8H2,1-2H3. The number of amides is 1. The first-order valence-corrected chi connectivity index (χ1v) is 6.53. The van der Waals surface area contributed by atoms with Crippen LogP contribution in [0.5, 0.6) is 0 Å². The van der Waals surface area contributed by atoms with Gasteiger partial charge in [-0.25, -0.2) is 0 Å². The van der Waals surface area contributed by atoms with Gasteiger partial charge in [0, 0.05) is 16.2 Å². The molecule has 2 nitrogen and oxygen atoms in total. The summed E-state index contributed by atoms with van der Waals surface area (Å²) in [4.78, 5) is 14.7. The van der Waals surface area contributed by atoms with Crippen molar-refractivity contribution in [2.45, 2.75) is 23.5 Å². The van der Waals surface area contributed by atoms with Gasteiger partial charge < -0.3 is 4.90 Å². The highest BCUT2D eigenvalue weighted by Gasteiger charge is 2.33. The number of thioether (sulfide) groups is 1. The molecule has 1 amide bonds. The fraction of sp³-hybridized carbons (Fsp3) is 0.417. The van der Waals surface area contributed by atoms with E-state index in [2.05, 4.69) is 19.9 Å². The van der Waals surface area contributed by atoms with Crippen LogP contribution in [-0.4, -0.2) is 23.1 Å². The lowest BCUT2D eigenvalue weighted by molar-refractivity contribution is -0.116. The molecule has 86 valence electrons. The Kier molecular flexibility index (Phi) is 3.17. The van der Waals surface area contributed by atoms with Crippen LogP contribution in [0.4, 0.5) is 5.69 Å². The maximum absolute atomic E-state index is 11.8. The van der Waals surface area contributed by atoms with Gasteiger partial charge in [0.25, 0.3) is 0 Å². The van der Waals surface area contributed by atoms with Crippen molar-refractivity contribution in [2.75, 3.05) is 17.3 Å². The van der Waals surface area contributed by atoms with Gasteiger partial charge in [-0.15, -0.1) is 23.4 Å². The molecule has 1 aromatic carbocycles. The monoisotopic (exact) mass is 255 g/mol. The molecule has 0 aliphatic carbocycles. The van der Waals surface area contributed by atoms with E-state index in [1.54, 1.807) is 4.90 Å². The summed E-state index contributed by atoms with van der Waals surface area (Å²) in [6.07, 6.45) is 0. The number of rotatable bonds is 1. The molecule has 4 heteroatoms. The van der Waals surface area contributed by atoms with E-state index in [9.17, 15) is 4.79 Å². The van der Waals surface area contributed by atoms with E-state index in [1.807, 2.05) is 30.0 Å². The number of para-hydroxylation sites is 1. The molecule has 0 radical (unpaired) electrons. The summed E-state index contributed by atoms with van der Waals surface area (Å²) in [5.74, 6) is 0.0113. The van der Waals surface area contributed by atoms with E-state index in [0.717, 1.165) is 10.6 Å². The molecule has 0 bridgehead atoms. The molecule has 16 heavy (non-hydrogen) atoms. The fourth-order valence-corrected chi connectivity index (χ4v) is 3.22. The minimum absolute atomic E-state index is 0.0255. The summed E-state index contributed by atoms with van der Waals surface area (Å²) in [5, 5.41) is 0. The Balaban J connectivity index is 2.43. The van der Waals surface area contributed by atoms with Gasteiger partial charge in [0.15, 0.2) is 0 Å². The molecule has 1 aromatic rings. The summed E-state index contributed by atoms with van der Waals surface area (Å²) >= 11 is 7.46. The van der Waals surface area contributed by atoms with Gasteiger partial charge >= 0.3 is 0 Å². The SMILES string of the molecule is CC1(C)CN(C(=O)CCl)c2ccccc2S1. The van der Waals surface area contributed by atoms with Crippen LogP contribution in [0.1, 0.15) is 13.8 Å². The maximum atomic E-state index is 11.8. The molecule has 1 heterocycles. The van der Waals surface area contributed by atoms with Crippen molar-refractivity contribution in [1.29, 1.82) is 0 Å². The predicted molar refractivity (Wildman–Crippen MR) is 69.5 cm³/mol. The number of fused-ring (bicyclic) bond motifs is 1. The lowest BCUT2D eigenvalue weighted by Crippen LogP contribution is -2.44. The van der Waals surface area contributed by atoms with Gasteiger partial charge in [0.2, 0.25) is 5.91 Å². The summed E-state index contributed by atoms with van der Waals surface area (Å²) in [6.45, 7) is 4.99. The van der Waals surface area contributed by atoms with E-state index in [1.165, 1.54) is 0 Å². The van der Waals surface area contributed by atoms with Crippen LogP contribution in [0.2, 0.25) is 0 Å². The predicted octanol–water partition coefficient (Wildman–Crippen LogP) is 3.14. The second kappa shape index (κ2) is 4.30. The first kappa shape index (κ1) is 11.8. The Bertz CT molecular complexity index is 419. The highest BCUT2D eigenvalue weighted by molar-refractivity contribution is 8.00. The summed E-state index contributed by atoms with van der Waals surface area (Å²) < 4.78 is 0.0378. The molecule has 0 fully saturated rings. The number of benzene rings is 1. The van der Waals surface area contributed by atoms with Crippen LogP contribution in [0.3, 0.4) is 0 Å². The molecule has 0 atom stereocenters. The molecule has 0 unspecified atom stereocenters. The lowest BCUT2D eigenvalue weighted by Gasteiger charge is -2.38. The number of halogens is 1. The molecule has 1 aliphatic heterocycles. The van der Waals surface area contributed by atoms with Gasteiger partial charge in [-0.3, -0.25) is 4.79 Å². The zero-order chi connectivity index (χ0) is 11.8. The molecule has 1 aliphatic rings.